The minimum Gasteiger partial charge on any atom is -0.507 e. The molecule has 312 valence electrons. The highest BCUT2D eigenvalue weighted by Gasteiger charge is 2.29. The number of anilines is 3. The van der Waals surface area contributed by atoms with Crippen molar-refractivity contribution in [1.82, 2.24) is 9.97 Å². The molecular weight excluding hydrogens is 703 g/mol. The molecule has 0 spiro atoms. The molecule has 0 aliphatic carbocycles. The summed E-state index contributed by atoms with van der Waals surface area (Å²) in [6, 6.07) is 15.1. The maximum atomic E-state index is 11.4. The summed E-state index contributed by atoms with van der Waals surface area (Å²) in [4.78, 5) is 9.96. The molecule has 0 saturated carbocycles. The van der Waals surface area contributed by atoms with Crippen molar-refractivity contribution in [3.8, 4) is 11.5 Å². The number of rotatable bonds is 9. The van der Waals surface area contributed by atoms with E-state index < -0.39 is 0 Å². The summed E-state index contributed by atoms with van der Waals surface area (Å²) in [6.07, 6.45) is 0. The van der Waals surface area contributed by atoms with Crippen molar-refractivity contribution in [2.75, 3.05) is 16.0 Å². The summed E-state index contributed by atoms with van der Waals surface area (Å²) in [6.45, 7) is 43.2. The third-order valence-corrected chi connectivity index (χ3v) is 10.8. The highest BCUT2D eigenvalue weighted by Crippen LogP contribution is 2.42. The smallest absolute Gasteiger partial charge is 0.226 e. The maximum Gasteiger partial charge on any atom is 0.226 e. The van der Waals surface area contributed by atoms with Crippen LogP contribution in [0.3, 0.4) is 0 Å². The normalized spacial score (nSPS) is 13.2. The summed E-state index contributed by atoms with van der Waals surface area (Å²) in [5.74, 6) is 2.63. The Morgan fingerprint density at radius 3 is 0.895 bits per heavy atom. The van der Waals surface area contributed by atoms with E-state index in [2.05, 4.69) is 184 Å². The van der Waals surface area contributed by atoms with Crippen molar-refractivity contribution < 1.29 is 10.2 Å². The largest absolute Gasteiger partial charge is 0.507 e. The minimum atomic E-state index is -0.235. The molecule has 0 aliphatic rings. The van der Waals surface area contributed by atoms with Crippen molar-refractivity contribution in [2.24, 2.45) is 0 Å². The lowest BCUT2D eigenvalue weighted by Crippen LogP contribution is -2.21. The standard InChI is InChI=1S/C50H75N5O2/c1-30-34(45(2,3)4)20-31(21-35(30)46(5,6)7)27-51-40-26-41(52-28-32-22-36(47(8,9)10)42(56)37(23-32)48(11,12)13)55-44(54-40)53-29-33-24-38(49(14,15)16)43(57)39(25-33)50(17,18)19/h20-26,56-57H,27-29H2,1-19H3,(H3,51,52,53,54,55). The van der Waals surface area contributed by atoms with Crippen LogP contribution in [0.2, 0.25) is 0 Å². The zero-order valence-electron chi connectivity index (χ0n) is 39.0. The van der Waals surface area contributed by atoms with Crippen LogP contribution >= 0.6 is 0 Å². The van der Waals surface area contributed by atoms with Gasteiger partial charge in [0.2, 0.25) is 5.95 Å². The minimum absolute atomic E-state index is 0.00503. The average Bonchev–Trinajstić information content (AvgIpc) is 3.03. The number of nitrogens with zero attached hydrogens (tertiary/aromatic N) is 2. The van der Waals surface area contributed by atoms with E-state index in [1.165, 1.54) is 22.3 Å². The van der Waals surface area contributed by atoms with Crippen LogP contribution in [0.4, 0.5) is 17.6 Å². The SMILES string of the molecule is Cc1c(C(C)(C)C)cc(CNc2cc(NCc3cc(C(C)(C)C)c(O)c(C(C)(C)C)c3)nc(NCc3cc(C(C)(C)C)c(O)c(C(C)(C)C)c3)n2)cc1C(C)(C)C. The predicted octanol–water partition coefficient (Wildman–Crippen LogP) is 12.8. The number of benzene rings is 3. The first-order valence-electron chi connectivity index (χ1n) is 20.8. The third kappa shape index (κ3) is 11.2. The van der Waals surface area contributed by atoms with E-state index in [0.717, 1.165) is 33.4 Å². The first-order valence-corrected chi connectivity index (χ1v) is 20.8. The van der Waals surface area contributed by atoms with Gasteiger partial charge in [-0.05, 0) is 119 Å². The fourth-order valence-electron chi connectivity index (χ4n) is 7.59. The van der Waals surface area contributed by atoms with Crippen LogP contribution in [0.25, 0.3) is 0 Å². The molecular formula is C50H75N5O2. The Balaban J connectivity index is 1.77. The Hall–Kier alpha value is -4.26. The Labute approximate surface area is 345 Å². The third-order valence-electron chi connectivity index (χ3n) is 10.8. The van der Waals surface area contributed by atoms with Crippen LogP contribution < -0.4 is 16.0 Å². The van der Waals surface area contributed by atoms with Crippen molar-refractivity contribution >= 4 is 17.6 Å². The van der Waals surface area contributed by atoms with Crippen molar-refractivity contribution in [3.05, 3.63) is 98.1 Å². The first kappa shape index (κ1) is 45.4. The van der Waals surface area contributed by atoms with Gasteiger partial charge in [-0.3, -0.25) is 0 Å². The molecule has 0 saturated heterocycles. The lowest BCUT2D eigenvalue weighted by atomic mass is 9.76. The molecule has 0 fully saturated rings. The number of hydrogen-bond donors (Lipinski definition) is 5. The second-order valence-electron chi connectivity index (χ2n) is 22.4. The van der Waals surface area contributed by atoms with E-state index in [9.17, 15) is 10.2 Å². The molecule has 1 aromatic heterocycles. The van der Waals surface area contributed by atoms with Gasteiger partial charge in [-0.1, -0.05) is 137 Å². The number of hydrogen-bond acceptors (Lipinski definition) is 7. The fourth-order valence-corrected chi connectivity index (χ4v) is 7.59. The van der Waals surface area contributed by atoms with Gasteiger partial charge >= 0.3 is 0 Å². The average molecular weight is 778 g/mol. The molecule has 0 amide bonds. The van der Waals surface area contributed by atoms with Gasteiger partial charge in [0, 0.05) is 25.7 Å². The number of phenolic OH excluding ortho intramolecular Hbond substituents is 2. The number of aromatic nitrogens is 2. The van der Waals surface area contributed by atoms with Gasteiger partial charge < -0.3 is 26.2 Å². The van der Waals surface area contributed by atoms with Crippen LogP contribution in [0.15, 0.2) is 42.5 Å². The molecule has 7 heteroatoms. The van der Waals surface area contributed by atoms with Gasteiger partial charge in [-0.15, -0.1) is 0 Å². The molecule has 0 atom stereocenters. The van der Waals surface area contributed by atoms with Gasteiger partial charge in [-0.2, -0.15) is 9.97 Å². The first-order chi connectivity index (χ1) is 25.8. The van der Waals surface area contributed by atoms with Crippen molar-refractivity contribution in [3.63, 3.8) is 0 Å². The van der Waals surface area contributed by atoms with Gasteiger partial charge in [0.15, 0.2) is 0 Å². The van der Waals surface area contributed by atoms with E-state index in [0.29, 0.717) is 48.7 Å². The molecule has 7 nitrogen and oxygen atoms in total. The molecule has 3 aromatic carbocycles. The van der Waals surface area contributed by atoms with Crippen LogP contribution in [-0.4, -0.2) is 20.2 Å². The molecule has 0 radical (unpaired) electrons. The highest BCUT2D eigenvalue weighted by atomic mass is 16.3. The van der Waals surface area contributed by atoms with Gasteiger partial charge in [0.1, 0.15) is 23.1 Å². The number of phenols is 2. The van der Waals surface area contributed by atoms with E-state index in [1.807, 2.05) is 6.07 Å². The summed E-state index contributed by atoms with van der Waals surface area (Å²) in [5, 5.41) is 33.5. The molecule has 1 heterocycles. The summed E-state index contributed by atoms with van der Waals surface area (Å²) in [7, 11) is 0. The molecule has 0 aliphatic heterocycles. The topological polar surface area (TPSA) is 102 Å². The molecule has 4 aromatic rings. The second-order valence-corrected chi connectivity index (χ2v) is 22.4. The lowest BCUT2D eigenvalue weighted by molar-refractivity contribution is 0.422. The van der Waals surface area contributed by atoms with Crippen LogP contribution in [0.1, 0.15) is 180 Å². The van der Waals surface area contributed by atoms with Crippen LogP contribution in [-0.2, 0) is 52.1 Å². The monoisotopic (exact) mass is 778 g/mol. The van der Waals surface area contributed by atoms with E-state index in [4.69, 9.17) is 9.97 Å². The molecule has 0 unspecified atom stereocenters. The summed E-state index contributed by atoms with van der Waals surface area (Å²) >= 11 is 0. The molecule has 0 bridgehead atoms. The Morgan fingerprint density at radius 1 is 0.386 bits per heavy atom. The van der Waals surface area contributed by atoms with E-state index in [-0.39, 0.29) is 32.5 Å². The predicted molar refractivity (Wildman–Crippen MR) is 244 cm³/mol. The van der Waals surface area contributed by atoms with Crippen LogP contribution in [0.5, 0.6) is 11.5 Å². The zero-order valence-corrected chi connectivity index (χ0v) is 39.0. The number of aromatic hydroxyl groups is 2. The van der Waals surface area contributed by atoms with Crippen molar-refractivity contribution in [2.45, 2.75) is 184 Å². The summed E-state index contributed by atoms with van der Waals surface area (Å²) in [5.41, 5.74) is 10.2. The number of nitrogens with one attached hydrogen (secondary N) is 3. The fraction of sp³-hybridized carbons (Fsp3) is 0.560. The van der Waals surface area contributed by atoms with Crippen LogP contribution in [0, 0.1) is 6.92 Å². The van der Waals surface area contributed by atoms with Gasteiger partial charge in [0.25, 0.3) is 0 Å². The second kappa shape index (κ2) is 15.8. The van der Waals surface area contributed by atoms with E-state index in [1.54, 1.807) is 0 Å². The molecule has 5 N–H and O–H groups in total. The lowest BCUT2D eigenvalue weighted by Gasteiger charge is -2.30. The quantitative estimate of drug-likeness (QED) is 0.115. The zero-order chi connectivity index (χ0) is 43.3. The maximum absolute atomic E-state index is 11.4. The highest BCUT2D eigenvalue weighted by molar-refractivity contribution is 5.56. The Kier molecular flexibility index (Phi) is 12.6. The molecule has 4 rings (SSSR count). The molecule has 57 heavy (non-hydrogen) atoms. The van der Waals surface area contributed by atoms with E-state index >= 15 is 0 Å². The van der Waals surface area contributed by atoms with Gasteiger partial charge in [0.05, 0.1) is 0 Å². The van der Waals surface area contributed by atoms with Crippen molar-refractivity contribution in [1.29, 1.82) is 0 Å². The Bertz CT molecular complexity index is 1720. The van der Waals surface area contributed by atoms with Gasteiger partial charge in [-0.25, -0.2) is 0 Å². The summed E-state index contributed by atoms with van der Waals surface area (Å²) < 4.78 is 0. The Morgan fingerprint density at radius 2 is 0.632 bits per heavy atom.